The third-order valence-electron chi connectivity index (χ3n) is 4.23. The number of ether oxygens (including phenoxy) is 2. The molecule has 148 valence electrons. The molecule has 2 aromatic carbocycles. The number of hydrogen-bond donors (Lipinski definition) is 1. The molecule has 2 amide bonds. The van der Waals surface area contributed by atoms with E-state index in [9.17, 15) is 9.59 Å². The number of carbonyl (C=O) groups excluding carboxylic acids is 2. The lowest BCUT2D eigenvalue weighted by atomic mass is 10.1. The van der Waals surface area contributed by atoms with Crippen molar-refractivity contribution >= 4 is 29.1 Å². The molecule has 1 N–H and O–H groups in total. The molecular formula is C21H23ClN2O4. The molecule has 0 radical (unpaired) electrons. The first kappa shape index (κ1) is 20.2. The summed E-state index contributed by atoms with van der Waals surface area (Å²) in [7, 11) is 0. The summed E-state index contributed by atoms with van der Waals surface area (Å²) < 4.78 is 10.9. The molecule has 1 aliphatic rings. The van der Waals surface area contributed by atoms with Crippen LogP contribution in [0.25, 0.3) is 0 Å². The van der Waals surface area contributed by atoms with Crippen LogP contribution in [-0.4, -0.2) is 49.1 Å². The minimum atomic E-state index is -0.327. The van der Waals surface area contributed by atoms with Crippen LogP contribution in [0.2, 0.25) is 5.02 Å². The fourth-order valence-corrected chi connectivity index (χ4v) is 3.05. The van der Waals surface area contributed by atoms with Crippen molar-refractivity contribution in [3.63, 3.8) is 0 Å². The molecule has 2 aromatic rings. The van der Waals surface area contributed by atoms with Crippen LogP contribution in [0.15, 0.2) is 42.5 Å². The van der Waals surface area contributed by atoms with Crippen LogP contribution in [0.5, 0.6) is 5.75 Å². The Kier molecular flexibility index (Phi) is 6.54. The third-order valence-corrected chi connectivity index (χ3v) is 4.56. The second-order valence-electron chi connectivity index (χ2n) is 6.75. The van der Waals surface area contributed by atoms with Crippen molar-refractivity contribution in [1.29, 1.82) is 0 Å². The number of hydrogen-bond acceptors (Lipinski definition) is 4. The van der Waals surface area contributed by atoms with Gasteiger partial charge in [0.05, 0.1) is 30.0 Å². The van der Waals surface area contributed by atoms with Gasteiger partial charge in [0.2, 0.25) is 0 Å². The van der Waals surface area contributed by atoms with E-state index in [-0.39, 0.29) is 17.9 Å². The number of benzene rings is 2. The first-order valence-corrected chi connectivity index (χ1v) is 9.56. The largest absolute Gasteiger partial charge is 0.491 e. The maximum absolute atomic E-state index is 12.7. The standard InChI is InChI=1S/C21H23ClN2O4/c1-14(2)28-17-5-3-4-15(12-17)20(25)23-19-13-16(6-7-18(19)22)21(26)24-8-10-27-11-9-24/h3-7,12-14H,8-11H2,1-2H3,(H,23,25). The minimum Gasteiger partial charge on any atom is -0.491 e. The SMILES string of the molecule is CC(C)Oc1cccc(C(=O)Nc2cc(C(=O)N3CCOCC3)ccc2Cl)c1. The Labute approximate surface area is 169 Å². The topological polar surface area (TPSA) is 67.9 Å². The molecular weight excluding hydrogens is 380 g/mol. The summed E-state index contributed by atoms with van der Waals surface area (Å²) in [6.07, 6.45) is 0.00985. The molecule has 0 unspecified atom stereocenters. The lowest BCUT2D eigenvalue weighted by molar-refractivity contribution is 0.0303. The van der Waals surface area contributed by atoms with Crippen LogP contribution in [0, 0.1) is 0 Å². The molecule has 0 aromatic heterocycles. The van der Waals surface area contributed by atoms with Gasteiger partial charge in [0.25, 0.3) is 11.8 Å². The highest BCUT2D eigenvalue weighted by Gasteiger charge is 2.20. The third kappa shape index (κ3) is 5.03. The van der Waals surface area contributed by atoms with Crippen molar-refractivity contribution in [3.05, 3.63) is 58.6 Å². The van der Waals surface area contributed by atoms with Gasteiger partial charge in [0.1, 0.15) is 5.75 Å². The van der Waals surface area contributed by atoms with Crippen molar-refractivity contribution in [2.45, 2.75) is 20.0 Å². The first-order chi connectivity index (χ1) is 13.4. The zero-order valence-electron chi connectivity index (χ0n) is 15.9. The van der Waals surface area contributed by atoms with E-state index in [1.54, 1.807) is 47.4 Å². The van der Waals surface area contributed by atoms with Crippen LogP contribution < -0.4 is 10.1 Å². The molecule has 1 fully saturated rings. The molecule has 1 heterocycles. The first-order valence-electron chi connectivity index (χ1n) is 9.18. The molecule has 0 spiro atoms. The van der Waals surface area contributed by atoms with Crippen LogP contribution in [0.3, 0.4) is 0 Å². The lowest BCUT2D eigenvalue weighted by Crippen LogP contribution is -2.40. The summed E-state index contributed by atoms with van der Waals surface area (Å²) in [5.41, 5.74) is 1.30. The van der Waals surface area contributed by atoms with E-state index >= 15 is 0 Å². The molecule has 7 heteroatoms. The molecule has 3 rings (SSSR count). The molecule has 1 saturated heterocycles. The maximum Gasteiger partial charge on any atom is 0.255 e. The van der Waals surface area contributed by atoms with E-state index < -0.39 is 0 Å². The summed E-state index contributed by atoms with van der Waals surface area (Å²) in [5, 5.41) is 3.15. The molecule has 0 aliphatic carbocycles. The summed E-state index contributed by atoms with van der Waals surface area (Å²) in [6.45, 7) is 5.99. The minimum absolute atomic E-state index is 0.00985. The summed E-state index contributed by atoms with van der Waals surface area (Å²) in [5.74, 6) is 0.180. The van der Waals surface area contributed by atoms with Crippen molar-refractivity contribution in [1.82, 2.24) is 4.90 Å². The van der Waals surface area contributed by atoms with Crippen LogP contribution in [-0.2, 0) is 4.74 Å². The van der Waals surface area contributed by atoms with E-state index in [2.05, 4.69) is 5.32 Å². The number of amides is 2. The quantitative estimate of drug-likeness (QED) is 0.824. The Bertz CT molecular complexity index is 863. The highest BCUT2D eigenvalue weighted by molar-refractivity contribution is 6.34. The summed E-state index contributed by atoms with van der Waals surface area (Å²) in [6, 6.07) is 11.8. The summed E-state index contributed by atoms with van der Waals surface area (Å²) >= 11 is 6.23. The number of anilines is 1. The number of nitrogens with one attached hydrogen (secondary N) is 1. The fourth-order valence-electron chi connectivity index (χ4n) is 2.88. The van der Waals surface area contributed by atoms with Crippen molar-refractivity contribution in [2.24, 2.45) is 0 Å². The van der Waals surface area contributed by atoms with E-state index in [0.717, 1.165) is 0 Å². The monoisotopic (exact) mass is 402 g/mol. The Hall–Kier alpha value is -2.57. The van der Waals surface area contributed by atoms with Gasteiger partial charge in [-0.15, -0.1) is 0 Å². The van der Waals surface area contributed by atoms with E-state index in [0.29, 0.717) is 53.9 Å². The molecule has 1 aliphatic heterocycles. The zero-order chi connectivity index (χ0) is 20.1. The highest BCUT2D eigenvalue weighted by Crippen LogP contribution is 2.25. The normalized spacial score (nSPS) is 14.1. The van der Waals surface area contributed by atoms with Gasteiger partial charge in [-0.25, -0.2) is 0 Å². The number of halogens is 1. The predicted octanol–water partition coefficient (Wildman–Crippen LogP) is 3.85. The number of rotatable bonds is 5. The van der Waals surface area contributed by atoms with Crippen LogP contribution in [0.1, 0.15) is 34.6 Å². The fraction of sp³-hybridized carbons (Fsp3) is 0.333. The Morgan fingerprint density at radius 1 is 1.11 bits per heavy atom. The van der Waals surface area contributed by atoms with Gasteiger partial charge in [-0.05, 0) is 50.2 Å². The number of morpholine rings is 1. The Balaban J connectivity index is 1.76. The second kappa shape index (κ2) is 9.08. The maximum atomic E-state index is 12.7. The Morgan fingerprint density at radius 2 is 1.86 bits per heavy atom. The molecule has 6 nitrogen and oxygen atoms in total. The van der Waals surface area contributed by atoms with Gasteiger partial charge >= 0.3 is 0 Å². The average molecular weight is 403 g/mol. The van der Waals surface area contributed by atoms with Crippen molar-refractivity contribution in [2.75, 3.05) is 31.6 Å². The van der Waals surface area contributed by atoms with Gasteiger partial charge in [0, 0.05) is 24.2 Å². The average Bonchev–Trinajstić information content (AvgIpc) is 2.69. The van der Waals surface area contributed by atoms with Gasteiger partial charge in [-0.2, -0.15) is 0 Å². The second-order valence-corrected chi connectivity index (χ2v) is 7.15. The summed E-state index contributed by atoms with van der Waals surface area (Å²) in [4.78, 5) is 27.0. The van der Waals surface area contributed by atoms with E-state index in [1.165, 1.54) is 0 Å². The molecule has 0 atom stereocenters. The van der Waals surface area contributed by atoms with Gasteiger partial charge in [0.15, 0.2) is 0 Å². The van der Waals surface area contributed by atoms with E-state index in [4.69, 9.17) is 21.1 Å². The van der Waals surface area contributed by atoms with Crippen LogP contribution in [0.4, 0.5) is 5.69 Å². The van der Waals surface area contributed by atoms with Gasteiger partial charge in [-0.1, -0.05) is 17.7 Å². The van der Waals surface area contributed by atoms with Crippen molar-refractivity contribution < 1.29 is 19.1 Å². The number of nitrogens with zero attached hydrogens (tertiary/aromatic N) is 1. The Morgan fingerprint density at radius 3 is 2.57 bits per heavy atom. The van der Waals surface area contributed by atoms with Gasteiger partial charge in [-0.3, -0.25) is 9.59 Å². The van der Waals surface area contributed by atoms with Crippen LogP contribution >= 0.6 is 11.6 Å². The lowest BCUT2D eigenvalue weighted by Gasteiger charge is -2.27. The zero-order valence-corrected chi connectivity index (χ0v) is 16.7. The number of carbonyl (C=O) groups is 2. The molecule has 0 saturated carbocycles. The predicted molar refractivity (Wildman–Crippen MR) is 108 cm³/mol. The highest BCUT2D eigenvalue weighted by atomic mass is 35.5. The molecule has 0 bridgehead atoms. The van der Waals surface area contributed by atoms with E-state index in [1.807, 2.05) is 13.8 Å². The molecule has 28 heavy (non-hydrogen) atoms. The van der Waals surface area contributed by atoms with Gasteiger partial charge < -0.3 is 19.7 Å². The smallest absolute Gasteiger partial charge is 0.255 e. The van der Waals surface area contributed by atoms with Crippen molar-refractivity contribution in [3.8, 4) is 5.75 Å².